The van der Waals surface area contributed by atoms with E-state index in [2.05, 4.69) is 13.8 Å². The molecule has 8 atom stereocenters. The van der Waals surface area contributed by atoms with Crippen LogP contribution >= 0.6 is 0 Å². The summed E-state index contributed by atoms with van der Waals surface area (Å²) in [6.07, 6.45) is 10.7. The molecule has 0 aliphatic heterocycles. The zero-order valence-corrected chi connectivity index (χ0v) is 18.9. The van der Waals surface area contributed by atoms with E-state index in [0.29, 0.717) is 29.1 Å². The van der Waals surface area contributed by atoms with Crippen molar-refractivity contribution >= 4 is 15.6 Å². The van der Waals surface area contributed by atoms with Crippen LogP contribution in [0.3, 0.4) is 0 Å². The van der Waals surface area contributed by atoms with Gasteiger partial charge in [0.05, 0.1) is 5.60 Å². The minimum atomic E-state index is -3.26. The summed E-state index contributed by atoms with van der Waals surface area (Å²) in [5.41, 5.74) is -0.204. The number of Topliss-reactive ketones (excluding diaryl/α,β-unsaturated/α-hetero) is 1. The second-order valence-electron chi connectivity index (χ2n) is 11.6. The van der Waals surface area contributed by atoms with E-state index in [4.69, 9.17) is 0 Å². The third-order valence-corrected chi connectivity index (χ3v) is 10.6. The summed E-state index contributed by atoms with van der Waals surface area (Å²) in [5, 5.41) is 10.6. The van der Waals surface area contributed by atoms with Gasteiger partial charge in [-0.25, -0.2) is 8.42 Å². The molecule has 4 aliphatic carbocycles. The number of fused-ring (bicyclic) bond motifs is 5. The molecule has 0 aromatic rings. The van der Waals surface area contributed by atoms with Crippen LogP contribution < -0.4 is 0 Å². The SMILES string of the molecule is CC1(O)CC[C@@]2(C)C(CC[C@H]3[C@@H]4CC[C@H](C(=O)CS(C)(=O)=O)[C@@]4(C)CC[C@@H]32)C1. The van der Waals surface area contributed by atoms with Gasteiger partial charge in [-0.05, 0) is 99.2 Å². The summed E-state index contributed by atoms with van der Waals surface area (Å²) in [6.45, 7) is 6.77. The minimum Gasteiger partial charge on any atom is -0.390 e. The molecule has 4 fully saturated rings. The van der Waals surface area contributed by atoms with E-state index >= 15 is 0 Å². The smallest absolute Gasteiger partial charge is 0.154 e. The van der Waals surface area contributed by atoms with Crippen LogP contribution in [0.15, 0.2) is 0 Å². The van der Waals surface area contributed by atoms with E-state index < -0.39 is 15.4 Å². The molecule has 0 amide bonds. The summed E-state index contributed by atoms with van der Waals surface area (Å²) in [5.74, 6) is 2.13. The van der Waals surface area contributed by atoms with Crippen LogP contribution in [-0.4, -0.2) is 36.9 Å². The van der Waals surface area contributed by atoms with Gasteiger partial charge in [-0.2, -0.15) is 0 Å². The van der Waals surface area contributed by atoms with E-state index in [9.17, 15) is 18.3 Å². The predicted molar refractivity (Wildman–Crippen MR) is 111 cm³/mol. The molecule has 0 saturated heterocycles. The molecule has 0 spiro atoms. The van der Waals surface area contributed by atoms with E-state index in [-0.39, 0.29) is 22.9 Å². The van der Waals surface area contributed by atoms with Crippen molar-refractivity contribution in [2.24, 2.45) is 40.4 Å². The van der Waals surface area contributed by atoms with E-state index in [1.807, 2.05) is 6.92 Å². The number of ketones is 1. The summed E-state index contributed by atoms with van der Waals surface area (Å²) in [4.78, 5) is 12.8. The minimum absolute atomic E-state index is 0.0215. The Balaban J connectivity index is 1.56. The molecule has 0 aromatic heterocycles. The second-order valence-corrected chi connectivity index (χ2v) is 13.7. The van der Waals surface area contributed by atoms with Crippen LogP contribution in [-0.2, 0) is 14.6 Å². The zero-order chi connectivity index (χ0) is 20.5. The van der Waals surface area contributed by atoms with Gasteiger partial charge in [0.1, 0.15) is 5.75 Å². The maximum Gasteiger partial charge on any atom is 0.154 e. The summed E-state index contributed by atoms with van der Waals surface area (Å²) < 4.78 is 23.4. The van der Waals surface area contributed by atoms with Gasteiger partial charge in [0.15, 0.2) is 15.6 Å². The van der Waals surface area contributed by atoms with Crippen molar-refractivity contribution in [3.8, 4) is 0 Å². The number of sulfone groups is 1. The Morgan fingerprint density at radius 1 is 0.929 bits per heavy atom. The van der Waals surface area contributed by atoms with Crippen LogP contribution in [0.25, 0.3) is 0 Å². The van der Waals surface area contributed by atoms with Crippen molar-refractivity contribution in [2.75, 3.05) is 12.0 Å². The number of hydrogen-bond acceptors (Lipinski definition) is 4. The number of carbonyl (C=O) groups excluding carboxylic acids is 1. The van der Waals surface area contributed by atoms with Crippen LogP contribution in [0.4, 0.5) is 0 Å². The maximum atomic E-state index is 12.8. The van der Waals surface area contributed by atoms with Crippen molar-refractivity contribution < 1.29 is 18.3 Å². The highest BCUT2D eigenvalue weighted by Crippen LogP contribution is 2.68. The number of hydrogen-bond donors (Lipinski definition) is 1. The molecule has 0 aromatic carbocycles. The van der Waals surface area contributed by atoms with Gasteiger partial charge in [-0.15, -0.1) is 0 Å². The molecule has 4 nitrogen and oxygen atoms in total. The quantitative estimate of drug-likeness (QED) is 0.763. The molecule has 0 bridgehead atoms. The van der Waals surface area contributed by atoms with Gasteiger partial charge < -0.3 is 5.11 Å². The van der Waals surface area contributed by atoms with Gasteiger partial charge >= 0.3 is 0 Å². The molecule has 0 heterocycles. The fourth-order valence-corrected chi connectivity index (χ4v) is 9.04. The molecule has 160 valence electrons. The summed E-state index contributed by atoms with van der Waals surface area (Å²) in [6, 6.07) is 0. The Bertz CT molecular complexity index is 757. The van der Waals surface area contributed by atoms with Crippen LogP contribution in [0, 0.1) is 40.4 Å². The van der Waals surface area contributed by atoms with Gasteiger partial charge in [0.25, 0.3) is 0 Å². The highest BCUT2D eigenvalue weighted by atomic mass is 32.2. The highest BCUT2D eigenvalue weighted by molar-refractivity contribution is 7.91. The Labute approximate surface area is 170 Å². The normalized spacial score (nSPS) is 51.1. The van der Waals surface area contributed by atoms with Crippen molar-refractivity contribution in [3.05, 3.63) is 0 Å². The molecule has 0 radical (unpaired) electrons. The average molecular weight is 411 g/mol. The largest absolute Gasteiger partial charge is 0.390 e. The second kappa shape index (κ2) is 6.54. The summed E-state index contributed by atoms with van der Waals surface area (Å²) in [7, 11) is -3.26. The van der Waals surface area contributed by atoms with Crippen LogP contribution in [0.2, 0.25) is 0 Å². The van der Waals surface area contributed by atoms with Gasteiger partial charge in [0, 0.05) is 12.2 Å². The van der Waals surface area contributed by atoms with Crippen molar-refractivity contribution in [1.82, 2.24) is 0 Å². The first-order valence-corrected chi connectivity index (χ1v) is 13.3. The molecule has 1 N–H and O–H groups in total. The lowest BCUT2D eigenvalue weighted by molar-refractivity contribution is -0.150. The van der Waals surface area contributed by atoms with Crippen LogP contribution in [0.1, 0.15) is 78.6 Å². The molecular formula is C23H38O4S. The maximum absolute atomic E-state index is 12.8. The molecule has 2 unspecified atom stereocenters. The van der Waals surface area contributed by atoms with Crippen molar-refractivity contribution in [2.45, 2.75) is 84.2 Å². The first-order chi connectivity index (χ1) is 12.9. The predicted octanol–water partition coefficient (Wildman–Crippen LogP) is 4.01. The summed E-state index contributed by atoms with van der Waals surface area (Å²) >= 11 is 0. The highest BCUT2D eigenvalue weighted by Gasteiger charge is 2.61. The molecule has 4 rings (SSSR count). The lowest BCUT2D eigenvalue weighted by atomic mass is 9.44. The van der Waals surface area contributed by atoms with E-state index in [1.54, 1.807) is 0 Å². The van der Waals surface area contributed by atoms with Crippen LogP contribution in [0.5, 0.6) is 0 Å². The monoisotopic (exact) mass is 410 g/mol. The molecule has 4 aliphatic rings. The average Bonchev–Trinajstić information content (AvgIpc) is 2.91. The Hall–Kier alpha value is -0.420. The zero-order valence-electron chi connectivity index (χ0n) is 18.0. The van der Waals surface area contributed by atoms with E-state index in [0.717, 1.165) is 44.9 Å². The number of carbonyl (C=O) groups is 1. The number of aliphatic hydroxyl groups is 1. The third-order valence-electron chi connectivity index (χ3n) is 9.75. The van der Waals surface area contributed by atoms with Gasteiger partial charge in [-0.1, -0.05) is 13.8 Å². The molecule has 28 heavy (non-hydrogen) atoms. The first kappa shape index (κ1) is 20.8. The standard InChI is InChI=1S/C23H38O4S/c1-21(25)11-12-22(2)15(13-21)5-6-16-17-7-8-19(20(24)14-28(4,26)27)23(17,3)10-9-18(16)22/h15-19,25H,5-14H2,1-4H3/t15?,16-,17-,18-,19+,21?,22-,23-/m0/s1. The van der Waals surface area contributed by atoms with Gasteiger partial charge in [0.2, 0.25) is 0 Å². The fourth-order valence-electron chi connectivity index (χ4n) is 8.32. The van der Waals surface area contributed by atoms with Gasteiger partial charge in [-0.3, -0.25) is 4.79 Å². The molecule has 4 saturated carbocycles. The lowest BCUT2D eigenvalue weighted by Gasteiger charge is -2.61. The fraction of sp³-hybridized carbons (Fsp3) is 0.957. The van der Waals surface area contributed by atoms with Crippen molar-refractivity contribution in [1.29, 1.82) is 0 Å². The molecular weight excluding hydrogens is 372 g/mol. The Morgan fingerprint density at radius 3 is 2.29 bits per heavy atom. The topological polar surface area (TPSA) is 71.4 Å². The third kappa shape index (κ3) is 3.29. The first-order valence-electron chi connectivity index (χ1n) is 11.3. The Morgan fingerprint density at radius 2 is 1.61 bits per heavy atom. The lowest BCUT2D eigenvalue weighted by Crippen LogP contribution is -2.55. The molecule has 5 heteroatoms. The van der Waals surface area contributed by atoms with E-state index in [1.165, 1.54) is 19.1 Å². The Kier molecular flexibility index (Phi) is 4.86. The van der Waals surface area contributed by atoms with Crippen molar-refractivity contribution in [3.63, 3.8) is 0 Å². The number of rotatable bonds is 3.